The topological polar surface area (TPSA) is 84.9 Å². The Bertz CT molecular complexity index is 993. The largest absolute Gasteiger partial charge is 0.493 e. The smallest absolute Gasteiger partial charge is 0.335 e. The number of urea groups is 1. The van der Waals surface area contributed by atoms with E-state index in [-0.39, 0.29) is 11.7 Å². The van der Waals surface area contributed by atoms with Crippen molar-refractivity contribution in [3.8, 4) is 11.5 Å². The number of amides is 4. The Hall–Kier alpha value is -3.61. The fourth-order valence-electron chi connectivity index (χ4n) is 2.91. The van der Waals surface area contributed by atoms with Crippen molar-refractivity contribution in [1.82, 2.24) is 5.32 Å². The highest BCUT2D eigenvalue weighted by Gasteiger charge is 2.37. The zero-order valence-electron chi connectivity index (χ0n) is 16.7. The first kappa shape index (κ1) is 20.1. The van der Waals surface area contributed by atoms with Crippen molar-refractivity contribution in [3.63, 3.8) is 0 Å². The Morgan fingerprint density at radius 2 is 1.72 bits per heavy atom. The van der Waals surface area contributed by atoms with E-state index in [0.717, 1.165) is 10.5 Å². The Balaban J connectivity index is 2.06. The Morgan fingerprint density at radius 1 is 1.03 bits per heavy atom. The van der Waals surface area contributed by atoms with Gasteiger partial charge < -0.3 is 9.47 Å². The molecule has 1 fully saturated rings. The van der Waals surface area contributed by atoms with Crippen molar-refractivity contribution in [2.75, 3.05) is 12.0 Å². The number of carbonyl (C=O) groups excluding carboxylic acids is 3. The predicted octanol–water partition coefficient (Wildman–Crippen LogP) is 3.46. The minimum absolute atomic E-state index is 0.148. The van der Waals surface area contributed by atoms with E-state index >= 15 is 0 Å². The zero-order chi connectivity index (χ0) is 21.1. The van der Waals surface area contributed by atoms with Gasteiger partial charge in [0.05, 0.1) is 18.9 Å². The van der Waals surface area contributed by atoms with Gasteiger partial charge in [0.2, 0.25) is 0 Å². The van der Waals surface area contributed by atoms with Crippen LogP contribution >= 0.6 is 0 Å². The highest BCUT2D eigenvalue weighted by Crippen LogP contribution is 2.34. The molecule has 29 heavy (non-hydrogen) atoms. The summed E-state index contributed by atoms with van der Waals surface area (Å²) in [6.07, 6.45) is 1.26. The van der Waals surface area contributed by atoms with Gasteiger partial charge >= 0.3 is 6.03 Å². The molecule has 2 aromatic rings. The molecular formula is C22H22N2O5. The highest BCUT2D eigenvalue weighted by atomic mass is 16.5. The van der Waals surface area contributed by atoms with Crippen LogP contribution in [0.25, 0.3) is 6.08 Å². The Kier molecular flexibility index (Phi) is 5.68. The molecule has 7 nitrogen and oxygen atoms in total. The van der Waals surface area contributed by atoms with Gasteiger partial charge in [0.1, 0.15) is 5.57 Å². The van der Waals surface area contributed by atoms with Crippen LogP contribution in [0.1, 0.15) is 25.0 Å². The van der Waals surface area contributed by atoms with Crippen molar-refractivity contribution >= 4 is 29.6 Å². The maximum atomic E-state index is 13.0. The second-order valence-electron chi connectivity index (χ2n) is 6.84. The molecule has 3 rings (SSSR count). The minimum Gasteiger partial charge on any atom is -0.493 e. The summed E-state index contributed by atoms with van der Waals surface area (Å²) < 4.78 is 11.2. The van der Waals surface area contributed by atoms with Gasteiger partial charge in [0, 0.05) is 5.56 Å². The third-order valence-corrected chi connectivity index (χ3v) is 4.28. The van der Waals surface area contributed by atoms with Gasteiger partial charge in [-0.3, -0.25) is 14.9 Å². The van der Waals surface area contributed by atoms with E-state index in [4.69, 9.17) is 9.47 Å². The van der Waals surface area contributed by atoms with Crippen LogP contribution in [-0.4, -0.2) is 31.1 Å². The first-order valence-corrected chi connectivity index (χ1v) is 9.13. The number of imide groups is 2. The van der Waals surface area contributed by atoms with Crippen LogP contribution in [0.5, 0.6) is 11.5 Å². The van der Waals surface area contributed by atoms with Crippen molar-refractivity contribution in [2.24, 2.45) is 0 Å². The number of para-hydroxylation sites is 1. The van der Waals surface area contributed by atoms with E-state index in [0.29, 0.717) is 22.7 Å². The van der Waals surface area contributed by atoms with Crippen molar-refractivity contribution in [1.29, 1.82) is 0 Å². The summed E-state index contributed by atoms with van der Waals surface area (Å²) in [7, 11) is 1.51. The molecule has 0 aliphatic carbocycles. The molecule has 0 bridgehead atoms. The number of ether oxygens (including phenoxy) is 2. The molecule has 1 aliphatic rings. The van der Waals surface area contributed by atoms with Crippen LogP contribution in [-0.2, 0) is 9.59 Å². The third kappa shape index (κ3) is 4.13. The van der Waals surface area contributed by atoms with Gasteiger partial charge in [0.15, 0.2) is 11.5 Å². The second kappa shape index (κ2) is 8.18. The average molecular weight is 394 g/mol. The molecule has 4 amide bonds. The summed E-state index contributed by atoms with van der Waals surface area (Å²) in [5.41, 5.74) is 1.68. The zero-order valence-corrected chi connectivity index (χ0v) is 16.7. The van der Waals surface area contributed by atoms with E-state index < -0.39 is 17.8 Å². The number of benzene rings is 2. The molecule has 1 aliphatic heterocycles. The van der Waals surface area contributed by atoms with Gasteiger partial charge in [-0.25, -0.2) is 9.69 Å². The second-order valence-corrected chi connectivity index (χ2v) is 6.84. The number of nitrogens with one attached hydrogen (secondary N) is 1. The minimum atomic E-state index is -0.787. The van der Waals surface area contributed by atoms with Crippen LogP contribution in [0.3, 0.4) is 0 Å². The quantitative estimate of drug-likeness (QED) is 0.620. The fraction of sp³-hybridized carbons (Fsp3) is 0.227. The number of barbiturate groups is 1. The molecule has 2 aromatic carbocycles. The molecule has 0 unspecified atom stereocenters. The van der Waals surface area contributed by atoms with Gasteiger partial charge in [-0.05, 0) is 45.0 Å². The van der Waals surface area contributed by atoms with Crippen LogP contribution in [0.15, 0.2) is 48.0 Å². The van der Waals surface area contributed by atoms with Crippen molar-refractivity contribution in [2.45, 2.75) is 26.9 Å². The predicted molar refractivity (Wildman–Crippen MR) is 109 cm³/mol. The van der Waals surface area contributed by atoms with E-state index in [1.54, 1.807) is 42.5 Å². The summed E-state index contributed by atoms with van der Waals surface area (Å²) in [6.45, 7) is 5.62. The molecule has 0 atom stereocenters. The molecule has 1 saturated heterocycles. The summed E-state index contributed by atoms with van der Waals surface area (Å²) in [6, 6.07) is 11.2. The Morgan fingerprint density at radius 3 is 2.34 bits per heavy atom. The van der Waals surface area contributed by atoms with Gasteiger partial charge in [-0.15, -0.1) is 0 Å². The molecule has 7 heteroatoms. The molecule has 0 spiro atoms. The molecule has 1 N–H and O–H groups in total. The van der Waals surface area contributed by atoms with Crippen LogP contribution < -0.4 is 19.7 Å². The average Bonchev–Trinajstić information content (AvgIpc) is 2.67. The Labute approximate surface area is 168 Å². The number of anilines is 1. The van der Waals surface area contributed by atoms with Gasteiger partial charge in [-0.1, -0.05) is 29.8 Å². The molecule has 1 heterocycles. The monoisotopic (exact) mass is 394 g/mol. The number of nitrogens with zero attached hydrogens (tertiary/aromatic N) is 1. The van der Waals surface area contributed by atoms with Crippen LogP contribution in [0, 0.1) is 6.92 Å². The molecule has 0 aromatic heterocycles. The molecule has 0 radical (unpaired) electrons. The van der Waals surface area contributed by atoms with E-state index in [2.05, 4.69) is 5.32 Å². The number of carbonyl (C=O) groups is 3. The van der Waals surface area contributed by atoms with E-state index in [1.165, 1.54) is 13.2 Å². The standard InChI is InChI=1S/C22H22N2O5/c1-13(2)29-19-15(6-5-7-18(19)28-4)12-17-20(25)23-22(27)24(21(17)26)16-10-8-14(3)9-11-16/h5-13H,1-4H3,(H,23,25,27)/b17-12+. The van der Waals surface area contributed by atoms with Crippen molar-refractivity contribution in [3.05, 3.63) is 59.2 Å². The first-order chi connectivity index (χ1) is 13.8. The van der Waals surface area contributed by atoms with Crippen molar-refractivity contribution < 1.29 is 23.9 Å². The maximum absolute atomic E-state index is 13.0. The molecule has 0 saturated carbocycles. The number of methoxy groups -OCH3 is 1. The normalized spacial score (nSPS) is 15.7. The maximum Gasteiger partial charge on any atom is 0.335 e. The summed E-state index contributed by atoms with van der Waals surface area (Å²) in [4.78, 5) is 38.7. The third-order valence-electron chi connectivity index (χ3n) is 4.28. The molecular weight excluding hydrogens is 372 g/mol. The number of rotatable bonds is 5. The summed E-state index contributed by atoms with van der Waals surface area (Å²) in [5.74, 6) is -0.581. The van der Waals surface area contributed by atoms with Gasteiger partial charge in [0.25, 0.3) is 11.8 Å². The first-order valence-electron chi connectivity index (χ1n) is 9.13. The summed E-state index contributed by atoms with van der Waals surface area (Å²) >= 11 is 0. The van der Waals surface area contributed by atoms with Crippen LogP contribution in [0.4, 0.5) is 10.5 Å². The fourth-order valence-corrected chi connectivity index (χ4v) is 2.91. The lowest BCUT2D eigenvalue weighted by molar-refractivity contribution is -0.122. The lowest BCUT2D eigenvalue weighted by Gasteiger charge is -2.26. The number of aryl methyl sites for hydroxylation is 1. The highest BCUT2D eigenvalue weighted by molar-refractivity contribution is 6.39. The number of hydrogen-bond donors (Lipinski definition) is 1. The van der Waals surface area contributed by atoms with E-state index in [1.807, 2.05) is 20.8 Å². The molecule has 150 valence electrons. The van der Waals surface area contributed by atoms with E-state index in [9.17, 15) is 14.4 Å². The van der Waals surface area contributed by atoms with Gasteiger partial charge in [-0.2, -0.15) is 0 Å². The lowest BCUT2D eigenvalue weighted by atomic mass is 10.1. The summed E-state index contributed by atoms with van der Waals surface area (Å²) in [5, 5.41) is 2.22. The lowest BCUT2D eigenvalue weighted by Crippen LogP contribution is -2.54. The SMILES string of the molecule is COc1cccc(/C=C2\C(=O)NC(=O)N(c3ccc(C)cc3)C2=O)c1OC(C)C. The number of hydrogen-bond acceptors (Lipinski definition) is 5. The van der Waals surface area contributed by atoms with Crippen LogP contribution in [0.2, 0.25) is 0 Å².